The van der Waals surface area contributed by atoms with Crippen molar-refractivity contribution in [1.29, 1.82) is 0 Å². The number of ether oxygens (including phenoxy) is 1. The van der Waals surface area contributed by atoms with Crippen LogP contribution in [-0.2, 0) is 17.9 Å². The first-order valence-corrected chi connectivity index (χ1v) is 6.58. The molecule has 1 atom stereocenters. The molecule has 0 heterocycles. The normalized spacial score (nSPS) is 12.9. The minimum atomic E-state index is -0.264. The molecule has 1 aromatic carbocycles. The average molecular weight is 251 g/mol. The molecule has 0 aliphatic heterocycles. The van der Waals surface area contributed by atoms with Crippen LogP contribution in [0.5, 0.6) is 0 Å². The predicted molar refractivity (Wildman–Crippen MR) is 74.3 cm³/mol. The van der Waals surface area contributed by atoms with E-state index >= 15 is 0 Å². The molecule has 3 heteroatoms. The summed E-state index contributed by atoms with van der Waals surface area (Å²) >= 11 is 0. The Labute approximate surface area is 110 Å². The van der Waals surface area contributed by atoms with Crippen molar-refractivity contribution < 1.29 is 9.84 Å². The lowest BCUT2D eigenvalue weighted by molar-refractivity contribution is 0.146. The van der Waals surface area contributed by atoms with Crippen LogP contribution in [0.4, 0.5) is 0 Å². The molecule has 1 unspecified atom stereocenters. The van der Waals surface area contributed by atoms with E-state index in [4.69, 9.17) is 4.74 Å². The average Bonchev–Trinajstić information content (AvgIpc) is 2.30. The van der Waals surface area contributed by atoms with Gasteiger partial charge in [-0.05, 0) is 23.5 Å². The second-order valence-electron chi connectivity index (χ2n) is 5.12. The van der Waals surface area contributed by atoms with E-state index in [0.717, 1.165) is 13.0 Å². The zero-order valence-corrected chi connectivity index (χ0v) is 11.6. The number of nitrogens with one attached hydrogen (secondary N) is 1. The number of methoxy groups -OCH3 is 1. The van der Waals surface area contributed by atoms with Crippen LogP contribution in [0.15, 0.2) is 24.3 Å². The summed E-state index contributed by atoms with van der Waals surface area (Å²) < 4.78 is 5.17. The van der Waals surface area contributed by atoms with Crippen LogP contribution in [-0.4, -0.2) is 24.9 Å². The lowest BCUT2D eigenvalue weighted by Gasteiger charge is -2.15. The highest BCUT2D eigenvalue weighted by Gasteiger charge is 2.07. The quantitative estimate of drug-likeness (QED) is 0.745. The fraction of sp³-hybridized carbons (Fsp3) is 0.600. The van der Waals surface area contributed by atoms with Gasteiger partial charge in [0, 0.05) is 20.2 Å². The fourth-order valence-corrected chi connectivity index (χ4v) is 2.03. The monoisotopic (exact) mass is 251 g/mol. The maximum absolute atomic E-state index is 9.78. The van der Waals surface area contributed by atoms with Crippen molar-refractivity contribution in [3.63, 3.8) is 0 Å². The Morgan fingerprint density at radius 2 is 1.89 bits per heavy atom. The lowest BCUT2D eigenvalue weighted by Crippen LogP contribution is -2.27. The molecule has 18 heavy (non-hydrogen) atoms. The van der Waals surface area contributed by atoms with Crippen molar-refractivity contribution in [2.75, 3.05) is 13.7 Å². The SMILES string of the molecule is COCc1ccccc1CNCC(O)CC(C)C. The maximum atomic E-state index is 9.78. The minimum Gasteiger partial charge on any atom is -0.392 e. The number of hydrogen-bond acceptors (Lipinski definition) is 3. The standard InChI is InChI=1S/C15H25NO2/c1-12(2)8-15(17)10-16-9-13-6-4-5-7-14(13)11-18-3/h4-7,12,15-17H,8-11H2,1-3H3. The lowest BCUT2D eigenvalue weighted by atomic mass is 10.1. The van der Waals surface area contributed by atoms with E-state index in [1.807, 2.05) is 12.1 Å². The van der Waals surface area contributed by atoms with E-state index in [1.165, 1.54) is 11.1 Å². The third kappa shape index (κ3) is 5.63. The molecule has 1 rings (SSSR count). The van der Waals surface area contributed by atoms with Crippen LogP contribution >= 0.6 is 0 Å². The van der Waals surface area contributed by atoms with Crippen LogP contribution < -0.4 is 5.32 Å². The minimum absolute atomic E-state index is 0.264. The Balaban J connectivity index is 2.39. The molecule has 0 amide bonds. The first-order chi connectivity index (χ1) is 8.63. The predicted octanol–water partition coefficient (Wildman–Crippen LogP) is 2.33. The van der Waals surface area contributed by atoms with E-state index in [-0.39, 0.29) is 6.10 Å². The van der Waals surface area contributed by atoms with Crippen molar-refractivity contribution in [3.8, 4) is 0 Å². The number of rotatable bonds is 8. The van der Waals surface area contributed by atoms with E-state index in [1.54, 1.807) is 7.11 Å². The second kappa shape index (κ2) is 8.25. The molecule has 102 valence electrons. The molecule has 0 aromatic heterocycles. The molecule has 0 fully saturated rings. The van der Waals surface area contributed by atoms with Gasteiger partial charge in [-0.1, -0.05) is 38.1 Å². The zero-order chi connectivity index (χ0) is 13.4. The molecule has 0 bridgehead atoms. The molecule has 0 aliphatic carbocycles. The Morgan fingerprint density at radius 1 is 1.22 bits per heavy atom. The summed E-state index contributed by atoms with van der Waals surface area (Å²) in [6.45, 7) is 6.29. The van der Waals surface area contributed by atoms with Crippen LogP contribution in [0.1, 0.15) is 31.4 Å². The van der Waals surface area contributed by atoms with Crippen molar-refractivity contribution in [2.45, 2.75) is 39.5 Å². The van der Waals surface area contributed by atoms with Crippen LogP contribution in [0.2, 0.25) is 0 Å². The number of aliphatic hydroxyl groups is 1. The first kappa shape index (κ1) is 15.2. The Hall–Kier alpha value is -0.900. The maximum Gasteiger partial charge on any atom is 0.0716 e. The fourth-order valence-electron chi connectivity index (χ4n) is 2.03. The molecule has 1 aromatic rings. The van der Waals surface area contributed by atoms with Crippen molar-refractivity contribution >= 4 is 0 Å². The third-order valence-corrected chi connectivity index (χ3v) is 2.86. The highest BCUT2D eigenvalue weighted by Crippen LogP contribution is 2.10. The number of benzene rings is 1. The molecular formula is C15H25NO2. The first-order valence-electron chi connectivity index (χ1n) is 6.58. The van der Waals surface area contributed by atoms with E-state index in [9.17, 15) is 5.11 Å². The molecule has 0 radical (unpaired) electrons. The Kier molecular flexibility index (Phi) is 6.94. The van der Waals surface area contributed by atoms with Crippen LogP contribution in [0.25, 0.3) is 0 Å². The highest BCUT2D eigenvalue weighted by molar-refractivity contribution is 5.26. The number of hydrogen-bond donors (Lipinski definition) is 2. The van der Waals surface area contributed by atoms with Crippen molar-refractivity contribution in [2.24, 2.45) is 5.92 Å². The Bertz CT molecular complexity index is 339. The van der Waals surface area contributed by atoms with E-state index in [2.05, 4.69) is 31.3 Å². The van der Waals surface area contributed by atoms with Gasteiger partial charge in [0.1, 0.15) is 0 Å². The van der Waals surface area contributed by atoms with Gasteiger partial charge in [0.2, 0.25) is 0 Å². The summed E-state index contributed by atoms with van der Waals surface area (Å²) in [4.78, 5) is 0. The summed E-state index contributed by atoms with van der Waals surface area (Å²) in [5.41, 5.74) is 2.43. The van der Waals surface area contributed by atoms with Crippen molar-refractivity contribution in [1.82, 2.24) is 5.32 Å². The summed E-state index contributed by atoms with van der Waals surface area (Å²) in [7, 11) is 1.70. The Morgan fingerprint density at radius 3 is 2.50 bits per heavy atom. The van der Waals surface area contributed by atoms with Gasteiger partial charge in [-0.3, -0.25) is 0 Å². The van der Waals surface area contributed by atoms with Crippen LogP contribution in [0, 0.1) is 5.92 Å². The van der Waals surface area contributed by atoms with Gasteiger partial charge in [0.05, 0.1) is 12.7 Å². The van der Waals surface area contributed by atoms with Gasteiger partial charge >= 0.3 is 0 Å². The summed E-state index contributed by atoms with van der Waals surface area (Å²) in [5, 5.41) is 13.1. The molecule has 0 aliphatic rings. The highest BCUT2D eigenvalue weighted by atomic mass is 16.5. The van der Waals surface area contributed by atoms with Gasteiger partial charge in [-0.25, -0.2) is 0 Å². The van der Waals surface area contributed by atoms with Crippen molar-refractivity contribution in [3.05, 3.63) is 35.4 Å². The largest absolute Gasteiger partial charge is 0.392 e. The molecule has 3 nitrogen and oxygen atoms in total. The zero-order valence-electron chi connectivity index (χ0n) is 11.6. The van der Waals surface area contributed by atoms with Gasteiger partial charge in [0.25, 0.3) is 0 Å². The molecule has 0 spiro atoms. The van der Waals surface area contributed by atoms with Crippen LogP contribution in [0.3, 0.4) is 0 Å². The molecular weight excluding hydrogens is 226 g/mol. The smallest absolute Gasteiger partial charge is 0.0716 e. The van der Waals surface area contributed by atoms with E-state index in [0.29, 0.717) is 19.1 Å². The summed E-state index contributed by atoms with van der Waals surface area (Å²) in [6.07, 6.45) is 0.576. The van der Waals surface area contributed by atoms with Gasteiger partial charge in [-0.15, -0.1) is 0 Å². The second-order valence-corrected chi connectivity index (χ2v) is 5.12. The molecule has 0 saturated carbocycles. The summed E-state index contributed by atoms with van der Waals surface area (Å²) in [5.74, 6) is 0.530. The number of aliphatic hydroxyl groups excluding tert-OH is 1. The summed E-state index contributed by atoms with van der Waals surface area (Å²) in [6, 6.07) is 8.22. The van der Waals surface area contributed by atoms with Gasteiger partial charge in [0.15, 0.2) is 0 Å². The molecule has 0 saturated heterocycles. The third-order valence-electron chi connectivity index (χ3n) is 2.86. The van der Waals surface area contributed by atoms with Gasteiger partial charge < -0.3 is 15.2 Å². The molecule has 2 N–H and O–H groups in total. The topological polar surface area (TPSA) is 41.5 Å². The van der Waals surface area contributed by atoms with E-state index < -0.39 is 0 Å². The van der Waals surface area contributed by atoms with Gasteiger partial charge in [-0.2, -0.15) is 0 Å².